The van der Waals surface area contributed by atoms with Crippen LogP contribution in [0.1, 0.15) is 39.9 Å². The number of rotatable bonds is 4. The van der Waals surface area contributed by atoms with E-state index >= 15 is 0 Å². The Labute approximate surface area is 180 Å². The van der Waals surface area contributed by atoms with E-state index in [2.05, 4.69) is 19.9 Å². The van der Waals surface area contributed by atoms with E-state index in [9.17, 15) is 4.79 Å². The van der Waals surface area contributed by atoms with Gasteiger partial charge in [0, 0.05) is 31.9 Å². The van der Waals surface area contributed by atoms with Gasteiger partial charge in [-0.25, -0.2) is 24.7 Å². The summed E-state index contributed by atoms with van der Waals surface area (Å²) in [6.45, 7) is 11.1. The maximum atomic E-state index is 12.3. The lowest BCUT2D eigenvalue weighted by molar-refractivity contribution is 0.0275. The van der Waals surface area contributed by atoms with Crippen molar-refractivity contribution in [3.05, 3.63) is 24.5 Å². The summed E-state index contributed by atoms with van der Waals surface area (Å²) in [6, 6.07) is 0. The van der Waals surface area contributed by atoms with Crippen molar-refractivity contribution in [3.8, 4) is 17.3 Å². The largest absolute Gasteiger partial charge is 0.471 e. The zero-order valence-corrected chi connectivity index (χ0v) is 18.5. The van der Waals surface area contributed by atoms with Crippen LogP contribution in [0.2, 0.25) is 0 Å². The van der Waals surface area contributed by atoms with Gasteiger partial charge in [-0.1, -0.05) is 0 Å². The Balaban J connectivity index is 1.58. The number of carbonyl (C=O) groups is 1. The van der Waals surface area contributed by atoms with Gasteiger partial charge in [-0.05, 0) is 34.6 Å². The molecule has 164 valence electrons. The quantitative estimate of drug-likeness (QED) is 0.628. The third-order valence-corrected chi connectivity index (χ3v) is 4.93. The fourth-order valence-corrected chi connectivity index (χ4v) is 3.50. The summed E-state index contributed by atoms with van der Waals surface area (Å²) in [7, 11) is 0. The fraction of sp³-hybridized carbons (Fsp3) is 0.524. The smallest absolute Gasteiger partial charge is 0.410 e. The lowest BCUT2D eigenvalue weighted by Gasteiger charge is -2.24. The summed E-state index contributed by atoms with van der Waals surface area (Å²) in [6.07, 6.45) is 5.14. The number of likely N-dealkylation sites (tertiary alicyclic amines) is 1. The van der Waals surface area contributed by atoms with E-state index in [4.69, 9.17) is 14.5 Å². The second-order valence-electron chi connectivity index (χ2n) is 8.50. The molecule has 1 aliphatic heterocycles. The van der Waals surface area contributed by atoms with Crippen molar-refractivity contribution in [3.63, 3.8) is 0 Å². The molecular weight excluding hydrogens is 398 g/mol. The Morgan fingerprint density at radius 2 is 1.94 bits per heavy atom. The van der Waals surface area contributed by atoms with Crippen LogP contribution in [-0.2, 0) is 11.3 Å². The van der Waals surface area contributed by atoms with E-state index in [0.717, 1.165) is 5.56 Å². The SMILES string of the molecule is CCn1c(-c2cnc(C)nc2)nc2c(OC3CCN(C(=O)OC(C)(C)C)C3)ncnc21. The first-order chi connectivity index (χ1) is 14.7. The van der Waals surface area contributed by atoms with Crippen LogP contribution in [0, 0.1) is 6.92 Å². The molecule has 1 fully saturated rings. The fourth-order valence-electron chi connectivity index (χ4n) is 3.50. The number of nitrogens with zero attached hydrogens (tertiary/aromatic N) is 7. The molecule has 0 saturated carbocycles. The van der Waals surface area contributed by atoms with E-state index in [0.29, 0.717) is 54.7 Å². The third-order valence-electron chi connectivity index (χ3n) is 4.93. The number of hydrogen-bond acceptors (Lipinski definition) is 8. The second kappa shape index (κ2) is 8.09. The minimum Gasteiger partial charge on any atom is -0.471 e. The average Bonchev–Trinajstić information content (AvgIpc) is 3.32. The normalized spacial score (nSPS) is 16.7. The van der Waals surface area contributed by atoms with Gasteiger partial charge < -0.3 is 18.9 Å². The van der Waals surface area contributed by atoms with Gasteiger partial charge in [0.2, 0.25) is 5.88 Å². The highest BCUT2D eigenvalue weighted by Gasteiger charge is 2.32. The molecule has 1 atom stereocenters. The van der Waals surface area contributed by atoms with Crippen LogP contribution in [-0.4, -0.2) is 65.3 Å². The summed E-state index contributed by atoms with van der Waals surface area (Å²) in [5.74, 6) is 1.81. The molecule has 0 spiro atoms. The van der Waals surface area contributed by atoms with Crippen molar-refractivity contribution in [1.82, 2.24) is 34.4 Å². The molecule has 0 aromatic carbocycles. The first-order valence-corrected chi connectivity index (χ1v) is 10.4. The van der Waals surface area contributed by atoms with Crippen molar-refractivity contribution >= 4 is 17.3 Å². The van der Waals surface area contributed by atoms with E-state index in [1.54, 1.807) is 17.3 Å². The van der Waals surface area contributed by atoms with Crippen LogP contribution in [0.15, 0.2) is 18.7 Å². The van der Waals surface area contributed by atoms with Crippen molar-refractivity contribution in [2.45, 2.75) is 59.3 Å². The molecule has 3 aromatic rings. The number of aromatic nitrogens is 6. The van der Waals surface area contributed by atoms with Gasteiger partial charge in [-0.3, -0.25) is 0 Å². The minimum atomic E-state index is -0.530. The second-order valence-corrected chi connectivity index (χ2v) is 8.50. The van der Waals surface area contributed by atoms with Gasteiger partial charge in [0.05, 0.1) is 12.1 Å². The molecule has 4 rings (SSSR count). The lowest BCUT2D eigenvalue weighted by Crippen LogP contribution is -2.36. The zero-order chi connectivity index (χ0) is 22.2. The lowest BCUT2D eigenvalue weighted by atomic mass is 10.2. The number of hydrogen-bond donors (Lipinski definition) is 0. The molecule has 0 radical (unpaired) electrons. The molecule has 3 aromatic heterocycles. The highest BCUT2D eigenvalue weighted by molar-refractivity contribution is 5.81. The molecular formula is C21H27N7O3. The van der Waals surface area contributed by atoms with E-state index in [-0.39, 0.29) is 12.2 Å². The highest BCUT2D eigenvalue weighted by atomic mass is 16.6. The van der Waals surface area contributed by atoms with Crippen LogP contribution >= 0.6 is 0 Å². The van der Waals surface area contributed by atoms with Crippen LogP contribution in [0.25, 0.3) is 22.6 Å². The average molecular weight is 425 g/mol. The zero-order valence-electron chi connectivity index (χ0n) is 18.5. The van der Waals surface area contributed by atoms with Gasteiger partial charge in [0.25, 0.3) is 0 Å². The first-order valence-electron chi connectivity index (χ1n) is 10.4. The summed E-state index contributed by atoms with van der Waals surface area (Å²) in [5.41, 5.74) is 1.53. The minimum absolute atomic E-state index is 0.191. The molecule has 10 nitrogen and oxygen atoms in total. The maximum Gasteiger partial charge on any atom is 0.410 e. The molecule has 0 bridgehead atoms. The third kappa shape index (κ3) is 4.42. The Bertz CT molecular complexity index is 1090. The predicted molar refractivity (Wildman–Crippen MR) is 114 cm³/mol. The number of imidazole rings is 1. The van der Waals surface area contributed by atoms with Crippen molar-refractivity contribution < 1.29 is 14.3 Å². The summed E-state index contributed by atoms with van der Waals surface area (Å²) in [5, 5.41) is 0. The number of fused-ring (bicyclic) bond motifs is 1. The molecule has 0 aliphatic carbocycles. The number of aryl methyl sites for hydroxylation is 2. The molecule has 0 N–H and O–H groups in total. The Morgan fingerprint density at radius 1 is 1.19 bits per heavy atom. The highest BCUT2D eigenvalue weighted by Crippen LogP contribution is 2.29. The Kier molecular flexibility index (Phi) is 5.47. The topological polar surface area (TPSA) is 108 Å². The summed E-state index contributed by atoms with van der Waals surface area (Å²) < 4.78 is 13.6. The van der Waals surface area contributed by atoms with Gasteiger partial charge in [0.1, 0.15) is 29.7 Å². The molecule has 1 saturated heterocycles. The van der Waals surface area contributed by atoms with Gasteiger partial charge in [0.15, 0.2) is 11.2 Å². The van der Waals surface area contributed by atoms with Crippen LogP contribution in [0.4, 0.5) is 4.79 Å². The molecule has 1 amide bonds. The van der Waals surface area contributed by atoms with E-state index in [1.165, 1.54) is 6.33 Å². The molecule has 1 unspecified atom stereocenters. The van der Waals surface area contributed by atoms with E-state index in [1.807, 2.05) is 39.2 Å². The predicted octanol–water partition coefficient (Wildman–Crippen LogP) is 3.00. The molecule has 10 heteroatoms. The maximum absolute atomic E-state index is 12.3. The monoisotopic (exact) mass is 425 g/mol. The van der Waals surface area contributed by atoms with Crippen LogP contribution < -0.4 is 4.74 Å². The molecule has 1 aliphatic rings. The number of ether oxygens (including phenoxy) is 2. The number of carbonyl (C=O) groups excluding carboxylic acids is 1. The molecule has 4 heterocycles. The van der Waals surface area contributed by atoms with Crippen molar-refractivity contribution in [2.24, 2.45) is 0 Å². The van der Waals surface area contributed by atoms with Crippen molar-refractivity contribution in [1.29, 1.82) is 0 Å². The van der Waals surface area contributed by atoms with Gasteiger partial charge in [-0.15, -0.1) is 0 Å². The van der Waals surface area contributed by atoms with E-state index < -0.39 is 5.60 Å². The van der Waals surface area contributed by atoms with Crippen molar-refractivity contribution in [2.75, 3.05) is 13.1 Å². The Hall–Kier alpha value is -3.30. The van der Waals surface area contributed by atoms with Gasteiger partial charge in [-0.2, -0.15) is 4.98 Å². The summed E-state index contributed by atoms with van der Waals surface area (Å²) >= 11 is 0. The standard InChI is InChI=1S/C21H27N7O3/c1-6-28-17(14-9-22-13(2)23-10-14)26-16-18(28)24-12-25-19(16)30-15-7-8-27(11-15)20(29)31-21(3,4)5/h9-10,12,15H,6-8,11H2,1-5H3. The molecule has 31 heavy (non-hydrogen) atoms. The van der Waals surface area contributed by atoms with Gasteiger partial charge >= 0.3 is 6.09 Å². The van der Waals surface area contributed by atoms with Crippen LogP contribution in [0.3, 0.4) is 0 Å². The first kappa shape index (κ1) is 21.0. The summed E-state index contributed by atoms with van der Waals surface area (Å²) in [4.78, 5) is 36.0. The van der Waals surface area contributed by atoms with Crippen LogP contribution in [0.5, 0.6) is 5.88 Å². The number of amides is 1. The Morgan fingerprint density at radius 3 is 2.61 bits per heavy atom.